The second-order valence-corrected chi connectivity index (χ2v) is 9.24. The molecule has 6 nitrogen and oxygen atoms in total. The number of anilines is 1. The van der Waals surface area contributed by atoms with Gasteiger partial charge in [0, 0.05) is 41.1 Å². The van der Waals surface area contributed by atoms with E-state index in [1.165, 1.54) is 5.69 Å². The Hall–Kier alpha value is -1.77. The van der Waals surface area contributed by atoms with Crippen LogP contribution in [-0.4, -0.2) is 47.4 Å². The maximum Gasteiger partial charge on any atom is 0.225 e. The molecule has 0 radical (unpaired) electrons. The van der Waals surface area contributed by atoms with Crippen molar-refractivity contribution in [3.05, 3.63) is 39.4 Å². The van der Waals surface area contributed by atoms with E-state index in [9.17, 15) is 0 Å². The largest absolute Gasteiger partial charge is 0.474 e. The number of nitrogens with zero attached hydrogens (tertiary/aromatic N) is 4. The van der Waals surface area contributed by atoms with E-state index in [4.69, 9.17) is 14.5 Å². The molecule has 152 valence electrons. The molecule has 0 aromatic carbocycles. The summed E-state index contributed by atoms with van der Waals surface area (Å²) in [6.45, 7) is 3.13. The van der Waals surface area contributed by atoms with Gasteiger partial charge in [0.05, 0.1) is 35.3 Å². The summed E-state index contributed by atoms with van der Waals surface area (Å²) in [6.07, 6.45) is 6.27. The number of fused-ring (bicyclic) bond motifs is 1. The molecular weight excluding hydrogens is 452 g/mol. The predicted molar refractivity (Wildman–Crippen MR) is 118 cm³/mol. The molecule has 0 atom stereocenters. The molecule has 0 unspecified atom stereocenters. The lowest BCUT2D eigenvalue weighted by Crippen LogP contribution is -2.36. The number of morpholine rings is 1. The maximum atomic E-state index is 6.47. The normalized spacial score (nSPS) is 22.7. The van der Waals surface area contributed by atoms with Gasteiger partial charge < -0.3 is 14.4 Å². The summed E-state index contributed by atoms with van der Waals surface area (Å²) in [4.78, 5) is 16.3. The number of hydrogen-bond donors (Lipinski definition) is 0. The Bertz CT molecular complexity index is 970. The molecule has 2 fully saturated rings. The fourth-order valence-electron chi connectivity index (χ4n) is 4.16. The molecule has 0 spiro atoms. The molecule has 3 aromatic heterocycles. The van der Waals surface area contributed by atoms with Crippen molar-refractivity contribution < 1.29 is 9.47 Å². The molecule has 1 aliphatic carbocycles. The van der Waals surface area contributed by atoms with Crippen molar-refractivity contribution in [1.82, 2.24) is 15.0 Å². The lowest BCUT2D eigenvalue weighted by atomic mass is 9.86. The van der Waals surface area contributed by atoms with E-state index >= 15 is 0 Å². The number of thiazole rings is 1. The summed E-state index contributed by atoms with van der Waals surface area (Å²) in [7, 11) is 0. The van der Waals surface area contributed by atoms with E-state index < -0.39 is 0 Å². The first-order valence-electron chi connectivity index (χ1n) is 10.1. The molecule has 4 heterocycles. The SMILES string of the molecule is Brc1cnc2cc(N3CCOCC3)nc(OC3CCC(c4cscn4)CC3)c2c1. The van der Waals surface area contributed by atoms with Crippen molar-refractivity contribution in [3.8, 4) is 5.88 Å². The summed E-state index contributed by atoms with van der Waals surface area (Å²) in [5.41, 5.74) is 4.08. The van der Waals surface area contributed by atoms with Crippen LogP contribution in [0.3, 0.4) is 0 Å². The van der Waals surface area contributed by atoms with Gasteiger partial charge in [0.1, 0.15) is 11.9 Å². The molecule has 1 saturated carbocycles. The van der Waals surface area contributed by atoms with E-state index in [-0.39, 0.29) is 6.10 Å². The average Bonchev–Trinajstić information content (AvgIpc) is 3.30. The van der Waals surface area contributed by atoms with Crippen LogP contribution in [0, 0.1) is 0 Å². The number of aromatic nitrogens is 3. The first-order valence-corrected chi connectivity index (χ1v) is 11.8. The van der Waals surface area contributed by atoms with Gasteiger partial charge in [0.25, 0.3) is 0 Å². The Morgan fingerprint density at radius 3 is 2.69 bits per heavy atom. The van der Waals surface area contributed by atoms with Gasteiger partial charge in [-0.1, -0.05) is 0 Å². The van der Waals surface area contributed by atoms with Crippen LogP contribution in [0.2, 0.25) is 0 Å². The molecule has 5 rings (SSSR count). The van der Waals surface area contributed by atoms with E-state index in [2.05, 4.69) is 48.3 Å². The van der Waals surface area contributed by atoms with E-state index in [0.29, 0.717) is 11.8 Å². The van der Waals surface area contributed by atoms with Crippen LogP contribution in [0.5, 0.6) is 5.88 Å². The second kappa shape index (κ2) is 8.53. The smallest absolute Gasteiger partial charge is 0.225 e. The highest BCUT2D eigenvalue weighted by Crippen LogP contribution is 2.36. The van der Waals surface area contributed by atoms with Gasteiger partial charge in [-0.2, -0.15) is 4.98 Å². The van der Waals surface area contributed by atoms with Crippen molar-refractivity contribution >= 4 is 44.0 Å². The monoisotopic (exact) mass is 474 g/mol. The van der Waals surface area contributed by atoms with Gasteiger partial charge in [-0.3, -0.25) is 4.98 Å². The molecule has 0 bridgehead atoms. The molecule has 29 heavy (non-hydrogen) atoms. The number of hydrogen-bond acceptors (Lipinski definition) is 7. The van der Waals surface area contributed by atoms with Crippen molar-refractivity contribution in [2.24, 2.45) is 0 Å². The van der Waals surface area contributed by atoms with Crippen LogP contribution in [0.25, 0.3) is 10.9 Å². The molecule has 0 amide bonds. The zero-order valence-corrected chi connectivity index (χ0v) is 18.5. The van der Waals surface area contributed by atoms with Gasteiger partial charge in [0.2, 0.25) is 5.88 Å². The van der Waals surface area contributed by atoms with E-state index in [0.717, 1.165) is 73.2 Å². The highest BCUT2D eigenvalue weighted by Gasteiger charge is 2.26. The molecule has 1 saturated heterocycles. The van der Waals surface area contributed by atoms with Gasteiger partial charge in [-0.25, -0.2) is 4.98 Å². The summed E-state index contributed by atoms with van der Waals surface area (Å²) in [6, 6.07) is 4.10. The van der Waals surface area contributed by atoms with Crippen LogP contribution in [0.4, 0.5) is 5.82 Å². The Labute approximate surface area is 182 Å². The minimum absolute atomic E-state index is 0.180. The minimum Gasteiger partial charge on any atom is -0.474 e. The van der Waals surface area contributed by atoms with Gasteiger partial charge in [-0.15, -0.1) is 11.3 Å². The third-order valence-corrected chi connectivity index (χ3v) is 6.79. The molecule has 2 aliphatic rings. The van der Waals surface area contributed by atoms with Gasteiger partial charge >= 0.3 is 0 Å². The quantitative estimate of drug-likeness (QED) is 0.541. The van der Waals surface area contributed by atoms with Crippen LogP contribution in [0.15, 0.2) is 33.7 Å². The molecule has 8 heteroatoms. The average molecular weight is 475 g/mol. The minimum atomic E-state index is 0.180. The molecule has 3 aromatic rings. The Morgan fingerprint density at radius 1 is 1.10 bits per heavy atom. The van der Waals surface area contributed by atoms with Crippen LogP contribution >= 0.6 is 27.3 Å². The first kappa shape index (κ1) is 19.2. The Kier molecular flexibility index (Phi) is 5.65. The van der Waals surface area contributed by atoms with Crippen LogP contribution in [0.1, 0.15) is 37.3 Å². The van der Waals surface area contributed by atoms with Crippen molar-refractivity contribution in [2.45, 2.75) is 37.7 Å². The fourth-order valence-corrected chi connectivity index (χ4v) is 5.12. The fraction of sp³-hybridized carbons (Fsp3) is 0.476. The zero-order valence-electron chi connectivity index (χ0n) is 16.1. The highest BCUT2D eigenvalue weighted by molar-refractivity contribution is 9.10. The Balaban J connectivity index is 1.38. The summed E-state index contributed by atoms with van der Waals surface area (Å²) in [5, 5.41) is 3.13. The zero-order chi connectivity index (χ0) is 19.6. The maximum absolute atomic E-state index is 6.47. The van der Waals surface area contributed by atoms with Crippen molar-refractivity contribution in [1.29, 1.82) is 0 Å². The topological polar surface area (TPSA) is 60.4 Å². The van der Waals surface area contributed by atoms with Crippen molar-refractivity contribution in [2.75, 3.05) is 31.2 Å². The predicted octanol–water partition coefficient (Wildman–Crippen LogP) is 4.79. The summed E-state index contributed by atoms with van der Waals surface area (Å²) >= 11 is 5.22. The number of halogens is 1. The third kappa shape index (κ3) is 4.25. The molecular formula is C21H23BrN4O2S. The van der Waals surface area contributed by atoms with Gasteiger partial charge in [0.15, 0.2) is 0 Å². The molecule has 1 aliphatic heterocycles. The number of pyridine rings is 2. The second-order valence-electron chi connectivity index (χ2n) is 7.61. The van der Waals surface area contributed by atoms with E-state index in [1.54, 1.807) is 11.3 Å². The van der Waals surface area contributed by atoms with Crippen molar-refractivity contribution in [3.63, 3.8) is 0 Å². The summed E-state index contributed by atoms with van der Waals surface area (Å²) < 4.78 is 12.9. The lowest BCUT2D eigenvalue weighted by Gasteiger charge is -2.30. The third-order valence-electron chi connectivity index (χ3n) is 5.75. The standard InChI is InChI=1S/C21H23BrN4O2S/c22-15-9-17-18(23-11-15)10-20(26-5-7-27-8-6-26)25-21(17)28-16-3-1-14(2-4-16)19-12-29-13-24-19/h9-14,16H,1-8H2. The highest BCUT2D eigenvalue weighted by atomic mass is 79.9. The van der Waals surface area contributed by atoms with Crippen LogP contribution < -0.4 is 9.64 Å². The Morgan fingerprint density at radius 2 is 1.93 bits per heavy atom. The number of ether oxygens (including phenoxy) is 2. The van der Waals surface area contributed by atoms with Gasteiger partial charge in [-0.05, 0) is 47.7 Å². The lowest BCUT2D eigenvalue weighted by molar-refractivity contribution is 0.122. The van der Waals surface area contributed by atoms with Crippen LogP contribution in [-0.2, 0) is 4.74 Å². The first-order chi connectivity index (χ1) is 14.3. The van der Waals surface area contributed by atoms with E-state index in [1.807, 2.05) is 11.7 Å². The summed E-state index contributed by atoms with van der Waals surface area (Å²) in [5.74, 6) is 2.16. The molecule has 0 N–H and O–H groups in total. The number of rotatable bonds is 4.